The van der Waals surface area contributed by atoms with Crippen molar-refractivity contribution >= 4 is 11.6 Å². The molecule has 1 aliphatic carbocycles. The van der Waals surface area contributed by atoms with Crippen LogP contribution in [0.15, 0.2) is 12.1 Å². The van der Waals surface area contributed by atoms with Crippen LogP contribution in [0, 0.1) is 30.5 Å². The van der Waals surface area contributed by atoms with E-state index in [1.54, 1.807) is 13.0 Å². The maximum Gasteiger partial charge on any atom is 0.183 e. The van der Waals surface area contributed by atoms with Crippen LogP contribution in [0.2, 0.25) is 5.02 Å². The van der Waals surface area contributed by atoms with Gasteiger partial charge in [0, 0.05) is 0 Å². The highest BCUT2D eigenvalue weighted by Gasteiger charge is 2.30. The highest BCUT2D eigenvalue weighted by atomic mass is 35.5. The molecule has 2 fully saturated rings. The van der Waals surface area contributed by atoms with E-state index in [4.69, 9.17) is 21.1 Å². The van der Waals surface area contributed by atoms with Gasteiger partial charge in [0.25, 0.3) is 0 Å². The molecule has 0 spiro atoms. The molecule has 0 bridgehead atoms. The molecule has 134 valence electrons. The molecule has 1 unspecified atom stereocenters. The van der Waals surface area contributed by atoms with Crippen molar-refractivity contribution in [3.8, 4) is 5.75 Å². The Morgan fingerprint density at radius 2 is 1.83 bits per heavy atom. The van der Waals surface area contributed by atoms with E-state index in [-0.39, 0.29) is 10.8 Å². The van der Waals surface area contributed by atoms with Crippen LogP contribution in [-0.4, -0.2) is 19.3 Å². The fraction of sp³-hybridized carbons (Fsp3) is 0.700. The zero-order valence-corrected chi connectivity index (χ0v) is 15.4. The number of hydrogen-bond acceptors (Lipinski definition) is 2. The van der Waals surface area contributed by atoms with Gasteiger partial charge >= 0.3 is 0 Å². The molecular weight excluding hydrogens is 327 g/mol. The predicted octanol–water partition coefficient (Wildman–Crippen LogP) is 5.79. The van der Waals surface area contributed by atoms with Crippen LogP contribution in [0.5, 0.6) is 5.75 Å². The Balaban J connectivity index is 1.45. The van der Waals surface area contributed by atoms with Crippen molar-refractivity contribution in [2.24, 2.45) is 17.8 Å². The van der Waals surface area contributed by atoms with Crippen LogP contribution in [-0.2, 0) is 4.74 Å². The SMILES string of the molecule is Cc1ccc(OCC2CCC([C@@H]3CCC(C)OC3)CC2)c(F)c1Cl. The molecule has 0 radical (unpaired) electrons. The minimum Gasteiger partial charge on any atom is -0.490 e. The molecule has 2 atom stereocenters. The first-order valence-electron chi connectivity index (χ1n) is 9.23. The molecule has 24 heavy (non-hydrogen) atoms. The van der Waals surface area contributed by atoms with Crippen LogP contribution in [0.25, 0.3) is 0 Å². The Hall–Kier alpha value is -0.800. The van der Waals surface area contributed by atoms with Crippen LogP contribution in [0.1, 0.15) is 51.0 Å². The third-order valence-corrected chi connectivity index (χ3v) is 6.28. The fourth-order valence-corrected chi connectivity index (χ4v) is 4.20. The molecule has 4 heteroatoms. The van der Waals surface area contributed by atoms with E-state index < -0.39 is 5.82 Å². The average molecular weight is 355 g/mol. The zero-order chi connectivity index (χ0) is 17.1. The Labute approximate surface area is 149 Å². The summed E-state index contributed by atoms with van der Waals surface area (Å²) in [5.74, 6) is 1.89. The molecule has 2 nitrogen and oxygen atoms in total. The van der Waals surface area contributed by atoms with Crippen LogP contribution >= 0.6 is 11.6 Å². The number of hydrogen-bond donors (Lipinski definition) is 0. The second kappa shape index (κ2) is 8.05. The van der Waals surface area contributed by atoms with Gasteiger partial charge in [-0.15, -0.1) is 0 Å². The molecule has 1 aromatic rings. The zero-order valence-electron chi connectivity index (χ0n) is 14.7. The van der Waals surface area contributed by atoms with Gasteiger partial charge in [-0.05, 0) is 81.8 Å². The Bertz CT molecular complexity index is 547. The van der Waals surface area contributed by atoms with Crippen molar-refractivity contribution in [1.82, 2.24) is 0 Å². The van der Waals surface area contributed by atoms with E-state index >= 15 is 0 Å². The lowest BCUT2D eigenvalue weighted by atomic mass is 9.74. The lowest BCUT2D eigenvalue weighted by Gasteiger charge is -2.37. The van der Waals surface area contributed by atoms with Crippen molar-refractivity contribution in [3.63, 3.8) is 0 Å². The van der Waals surface area contributed by atoms with Gasteiger partial charge in [-0.2, -0.15) is 0 Å². The monoisotopic (exact) mass is 354 g/mol. The topological polar surface area (TPSA) is 18.5 Å². The smallest absolute Gasteiger partial charge is 0.183 e. The number of halogens is 2. The predicted molar refractivity (Wildman–Crippen MR) is 95.2 cm³/mol. The van der Waals surface area contributed by atoms with Gasteiger partial charge in [0.2, 0.25) is 0 Å². The van der Waals surface area contributed by atoms with Crippen molar-refractivity contribution in [1.29, 1.82) is 0 Å². The standard InChI is InChI=1S/C20H28ClFO2/c1-13-3-10-18(20(22)19(13)21)24-11-15-5-8-16(9-6-15)17-7-4-14(2)23-12-17/h3,10,14-17H,4-9,11-12H2,1-2H3/t14?,15?,16?,17-/m1/s1. The highest BCUT2D eigenvalue weighted by Crippen LogP contribution is 2.38. The van der Waals surface area contributed by atoms with Crippen molar-refractivity contribution < 1.29 is 13.9 Å². The van der Waals surface area contributed by atoms with Gasteiger partial charge in [-0.1, -0.05) is 17.7 Å². The van der Waals surface area contributed by atoms with Gasteiger partial charge in [-0.3, -0.25) is 0 Å². The fourth-order valence-electron chi connectivity index (χ4n) is 4.05. The largest absolute Gasteiger partial charge is 0.490 e. The first-order chi connectivity index (χ1) is 11.5. The first kappa shape index (κ1) is 18.0. The molecule has 1 aliphatic heterocycles. The number of ether oxygens (including phenoxy) is 2. The molecule has 1 aromatic carbocycles. The minimum absolute atomic E-state index is 0.169. The van der Waals surface area contributed by atoms with E-state index in [9.17, 15) is 4.39 Å². The third kappa shape index (κ3) is 4.23. The lowest BCUT2D eigenvalue weighted by Crippen LogP contribution is -2.32. The van der Waals surface area contributed by atoms with Crippen molar-refractivity contribution in [2.75, 3.05) is 13.2 Å². The first-order valence-corrected chi connectivity index (χ1v) is 9.61. The third-order valence-electron chi connectivity index (χ3n) is 5.81. The lowest BCUT2D eigenvalue weighted by molar-refractivity contribution is -0.0305. The van der Waals surface area contributed by atoms with Crippen LogP contribution < -0.4 is 4.74 Å². The van der Waals surface area contributed by atoms with E-state index in [0.717, 1.165) is 36.8 Å². The van der Waals surface area contributed by atoms with Gasteiger partial charge in [-0.25, -0.2) is 4.39 Å². The second-order valence-electron chi connectivity index (χ2n) is 7.58. The molecule has 1 saturated carbocycles. The van der Waals surface area contributed by atoms with E-state index in [0.29, 0.717) is 18.6 Å². The van der Waals surface area contributed by atoms with Crippen molar-refractivity contribution in [2.45, 2.75) is 58.5 Å². The second-order valence-corrected chi connectivity index (χ2v) is 7.96. The summed E-state index contributed by atoms with van der Waals surface area (Å²) in [4.78, 5) is 0. The minimum atomic E-state index is -0.432. The Morgan fingerprint density at radius 1 is 1.12 bits per heavy atom. The summed E-state index contributed by atoms with van der Waals surface area (Å²) in [5.41, 5.74) is 0.742. The molecule has 1 heterocycles. The van der Waals surface area contributed by atoms with E-state index in [1.165, 1.54) is 25.7 Å². The molecule has 1 saturated heterocycles. The quantitative estimate of drug-likeness (QED) is 0.681. The maximum absolute atomic E-state index is 14.1. The molecule has 2 aliphatic rings. The summed E-state index contributed by atoms with van der Waals surface area (Å²) >= 11 is 5.95. The summed E-state index contributed by atoms with van der Waals surface area (Å²) in [7, 11) is 0. The summed E-state index contributed by atoms with van der Waals surface area (Å²) in [6.45, 7) is 5.48. The van der Waals surface area contributed by atoms with Crippen molar-refractivity contribution in [3.05, 3.63) is 28.5 Å². The molecule has 0 aromatic heterocycles. The Morgan fingerprint density at radius 3 is 2.50 bits per heavy atom. The molecule has 3 rings (SSSR count). The molecule has 0 N–H and O–H groups in total. The summed E-state index contributed by atoms with van der Waals surface area (Å²) in [5, 5.41) is 0.169. The summed E-state index contributed by atoms with van der Waals surface area (Å²) in [6, 6.07) is 3.49. The van der Waals surface area contributed by atoms with Gasteiger partial charge in [0.15, 0.2) is 11.6 Å². The van der Waals surface area contributed by atoms with Gasteiger partial charge < -0.3 is 9.47 Å². The highest BCUT2D eigenvalue weighted by molar-refractivity contribution is 6.31. The molecule has 0 amide bonds. The molecular formula is C20H28ClFO2. The summed E-state index contributed by atoms with van der Waals surface area (Å²) in [6.07, 6.45) is 7.75. The van der Waals surface area contributed by atoms with Gasteiger partial charge in [0.1, 0.15) is 0 Å². The maximum atomic E-state index is 14.1. The van der Waals surface area contributed by atoms with E-state index in [1.807, 2.05) is 6.07 Å². The van der Waals surface area contributed by atoms with Crippen LogP contribution in [0.4, 0.5) is 4.39 Å². The number of benzene rings is 1. The van der Waals surface area contributed by atoms with Gasteiger partial charge in [0.05, 0.1) is 24.3 Å². The average Bonchev–Trinajstić information content (AvgIpc) is 2.60. The Kier molecular flexibility index (Phi) is 6.04. The number of rotatable bonds is 4. The normalized spacial score (nSPS) is 31.0. The van der Waals surface area contributed by atoms with E-state index in [2.05, 4.69) is 6.92 Å². The number of aryl methyl sites for hydroxylation is 1. The van der Waals surface area contributed by atoms with Crippen LogP contribution in [0.3, 0.4) is 0 Å². The summed E-state index contributed by atoms with van der Waals surface area (Å²) < 4.78 is 25.6.